The molecule has 3 aromatic rings. The number of carbonyl (C=O) groups is 1. The summed E-state index contributed by atoms with van der Waals surface area (Å²) in [5, 5.41) is 7.00. The van der Waals surface area contributed by atoms with Gasteiger partial charge in [0.2, 0.25) is 27.6 Å². The molecule has 202 valence electrons. The van der Waals surface area contributed by atoms with Crippen LogP contribution in [0.25, 0.3) is 11.4 Å². The number of benzene rings is 2. The van der Waals surface area contributed by atoms with E-state index in [9.17, 15) is 13.2 Å². The van der Waals surface area contributed by atoms with E-state index in [0.717, 1.165) is 24.8 Å². The number of amides is 1. The second-order valence-corrected chi connectivity index (χ2v) is 11.7. The number of rotatable bonds is 8. The fraction of sp³-hybridized carbons (Fsp3) is 0.444. The van der Waals surface area contributed by atoms with Gasteiger partial charge in [0, 0.05) is 24.6 Å². The Morgan fingerprint density at radius 2 is 1.79 bits per heavy atom. The van der Waals surface area contributed by atoms with Gasteiger partial charge in [0.15, 0.2) is 0 Å². The number of anilines is 1. The molecule has 0 spiro atoms. The van der Waals surface area contributed by atoms with E-state index < -0.39 is 10.0 Å². The van der Waals surface area contributed by atoms with Crippen molar-refractivity contribution in [3.05, 3.63) is 54.4 Å². The Morgan fingerprint density at radius 3 is 2.50 bits per heavy atom. The number of carbonyl (C=O) groups excluding carboxylic acids is 1. The lowest BCUT2D eigenvalue weighted by Crippen LogP contribution is -2.38. The first-order valence-corrected chi connectivity index (χ1v) is 14.5. The van der Waals surface area contributed by atoms with Crippen molar-refractivity contribution in [2.45, 2.75) is 43.5 Å². The maximum atomic E-state index is 13.1. The molecule has 0 bridgehead atoms. The number of piperidine rings is 2. The molecule has 1 N–H and O–H groups in total. The van der Waals surface area contributed by atoms with Gasteiger partial charge in [0.05, 0.1) is 24.2 Å². The lowest BCUT2D eigenvalue weighted by molar-refractivity contribution is -0.121. The highest BCUT2D eigenvalue weighted by molar-refractivity contribution is 7.89. The number of methoxy groups -OCH3 is 1. The van der Waals surface area contributed by atoms with E-state index in [1.165, 1.54) is 23.5 Å². The second kappa shape index (κ2) is 11.6. The van der Waals surface area contributed by atoms with E-state index >= 15 is 0 Å². The van der Waals surface area contributed by atoms with Crippen LogP contribution in [-0.4, -0.2) is 67.0 Å². The van der Waals surface area contributed by atoms with Crippen LogP contribution in [0.4, 0.5) is 5.69 Å². The zero-order valence-corrected chi connectivity index (χ0v) is 22.3. The topological polar surface area (TPSA) is 118 Å². The van der Waals surface area contributed by atoms with Crippen LogP contribution < -0.4 is 10.1 Å². The molecular weight excluding hydrogens is 506 g/mol. The summed E-state index contributed by atoms with van der Waals surface area (Å²) in [7, 11) is -2.12. The first kappa shape index (κ1) is 26.3. The molecule has 0 unspecified atom stereocenters. The van der Waals surface area contributed by atoms with E-state index in [0.29, 0.717) is 68.7 Å². The van der Waals surface area contributed by atoms with Crippen molar-refractivity contribution in [3.63, 3.8) is 0 Å². The number of sulfonamides is 1. The van der Waals surface area contributed by atoms with E-state index in [2.05, 4.69) is 20.4 Å². The van der Waals surface area contributed by atoms with Crippen molar-refractivity contribution in [2.24, 2.45) is 5.92 Å². The third-order valence-electron chi connectivity index (χ3n) is 7.20. The SMILES string of the molecule is COc1ccc(S(=O)(=O)N2CCCCC2)cc1NC(=O)C1CCN(Cc2nc(-c3ccccc3)no2)CC1. The Balaban J connectivity index is 1.19. The third-order valence-corrected chi connectivity index (χ3v) is 9.09. The quantitative estimate of drug-likeness (QED) is 0.460. The molecule has 2 fully saturated rings. The molecule has 11 heteroatoms. The predicted octanol–water partition coefficient (Wildman–Crippen LogP) is 3.77. The normalized spacial score (nSPS) is 17.8. The molecule has 3 heterocycles. The zero-order valence-electron chi connectivity index (χ0n) is 21.5. The fourth-order valence-electron chi connectivity index (χ4n) is 5.00. The van der Waals surface area contributed by atoms with Crippen LogP contribution in [0.3, 0.4) is 0 Å². The Morgan fingerprint density at radius 1 is 1.05 bits per heavy atom. The molecule has 0 atom stereocenters. The zero-order chi connectivity index (χ0) is 26.5. The number of likely N-dealkylation sites (tertiary alicyclic amines) is 1. The van der Waals surface area contributed by atoms with Gasteiger partial charge < -0.3 is 14.6 Å². The predicted molar refractivity (Wildman–Crippen MR) is 142 cm³/mol. The summed E-state index contributed by atoms with van der Waals surface area (Å²) < 4.78 is 38.7. The molecule has 0 aliphatic carbocycles. The third kappa shape index (κ3) is 5.90. The maximum absolute atomic E-state index is 13.1. The average molecular weight is 540 g/mol. The van der Waals surface area contributed by atoms with E-state index in [1.807, 2.05) is 30.3 Å². The minimum atomic E-state index is -3.62. The number of hydrogen-bond donors (Lipinski definition) is 1. The fourth-order valence-corrected chi connectivity index (χ4v) is 6.55. The van der Waals surface area contributed by atoms with Gasteiger partial charge in [-0.05, 0) is 57.0 Å². The second-order valence-electron chi connectivity index (χ2n) is 9.74. The molecule has 2 saturated heterocycles. The molecule has 2 aliphatic rings. The van der Waals surface area contributed by atoms with Gasteiger partial charge in [0.25, 0.3) is 0 Å². The lowest BCUT2D eigenvalue weighted by Gasteiger charge is -2.30. The van der Waals surface area contributed by atoms with Gasteiger partial charge in [-0.15, -0.1) is 0 Å². The monoisotopic (exact) mass is 539 g/mol. The van der Waals surface area contributed by atoms with Crippen LogP contribution in [0.5, 0.6) is 5.75 Å². The Kier molecular flexibility index (Phi) is 8.06. The molecule has 5 rings (SSSR count). The molecule has 10 nitrogen and oxygen atoms in total. The largest absolute Gasteiger partial charge is 0.495 e. The number of ether oxygens (including phenoxy) is 1. The van der Waals surface area contributed by atoms with Crippen LogP contribution in [0, 0.1) is 5.92 Å². The molecule has 1 amide bonds. The highest BCUT2D eigenvalue weighted by atomic mass is 32.2. The number of nitrogens with one attached hydrogen (secondary N) is 1. The average Bonchev–Trinajstić information content (AvgIpc) is 3.43. The van der Waals surface area contributed by atoms with Crippen molar-refractivity contribution in [1.29, 1.82) is 0 Å². The smallest absolute Gasteiger partial charge is 0.243 e. The Labute approximate surface area is 223 Å². The van der Waals surface area contributed by atoms with Crippen LogP contribution >= 0.6 is 0 Å². The van der Waals surface area contributed by atoms with Gasteiger partial charge in [0.1, 0.15) is 5.75 Å². The van der Waals surface area contributed by atoms with Crippen LogP contribution in [0.15, 0.2) is 57.9 Å². The van der Waals surface area contributed by atoms with Crippen molar-refractivity contribution in [1.82, 2.24) is 19.3 Å². The highest BCUT2D eigenvalue weighted by Crippen LogP contribution is 2.31. The van der Waals surface area contributed by atoms with Crippen LogP contribution in [0.1, 0.15) is 38.0 Å². The van der Waals surface area contributed by atoms with Crippen molar-refractivity contribution >= 4 is 21.6 Å². The first-order chi connectivity index (χ1) is 18.4. The number of hydrogen-bond acceptors (Lipinski definition) is 8. The van der Waals surface area contributed by atoms with E-state index in [4.69, 9.17) is 9.26 Å². The lowest BCUT2D eigenvalue weighted by atomic mass is 9.96. The van der Waals surface area contributed by atoms with E-state index in [1.54, 1.807) is 6.07 Å². The van der Waals surface area contributed by atoms with Gasteiger partial charge >= 0.3 is 0 Å². The van der Waals surface area contributed by atoms with Crippen molar-refractivity contribution in [3.8, 4) is 17.1 Å². The molecule has 0 radical (unpaired) electrons. The molecular formula is C27H33N5O5S. The van der Waals surface area contributed by atoms with Gasteiger partial charge in [-0.25, -0.2) is 8.42 Å². The molecule has 1 aromatic heterocycles. The summed E-state index contributed by atoms with van der Waals surface area (Å²) in [6.07, 6.45) is 4.09. The Bertz CT molecular complexity index is 1350. The first-order valence-electron chi connectivity index (χ1n) is 13.0. The van der Waals surface area contributed by atoms with Gasteiger partial charge in [-0.2, -0.15) is 9.29 Å². The van der Waals surface area contributed by atoms with Gasteiger partial charge in [-0.1, -0.05) is 41.9 Å². The summed E-state index contributed by atoms with van der Waals surface area (Å²) in [5.74, 6) is 1.20. The number of aromatic nitrogens is 2. The molecule has 2 aliphatic heterocycles. The molecule has 38 heavy (non-hydrogen) atoms. The minimum absolute atomic E-state index is 0.139. The standard InChI is InChI=1S/C27H33N5O5S/c1-36-24-11-10-22(38(34,35)32-14-6-3-7-15-32)18-23(24)28-27(33)21-12-16-31(17-13-21)19-25-29-26(30-37-25)20-8-4-2-5-9-20/h2,4-5,8-11,18,21H,3,6-7,12-17,19H2,1H3,(H,28,33). The molecule has 2 aromatic carbocycles. The molecule has 0 saturated carbocycles. The van der Waals surface area contributed by atoms with Crippen LogP contribution in [-0.2, 0) is 21.4 Å². The summed E-state index contributed by atoms with van der Waals surface area (Å²) in [6, 6.07) is 14.3. The van der Waals surface area contributed by atoms with Gasteiger partial charge in [-0.3, -0.25) is 9.69 Å². The Hall–Kier alpha value is -3.28. The summed E-state index contributed by atoms with van der Waals surface area (Å²) >= 11 is 0. The summed E-state index contributed by atoms with van der Waals surface area (Å²) in [5.41, 5.74) is 1.28. The van der Waals surface area contributed by atoms with Crippen molar-refractivity contribution in [2.75, 3.05) is 38.6 Å². The van der Waals surface area contributed by atoms with Crippen LogP contribution in [0.2, 0.25) is 0 Å². The maximum Gasteiger partial charge on any atom is 0.243 e. The summed E-state index contributed by atoms with van der Waals surface area (Å²) in [4.78, 5) is 20.0. The van der Waals surface area contributed by atoms with Crippen molar-refractivity contribution < 1.29 is 22.5 Å². The number of nitrogens with zero attached hydrogens (tertiary/aromatic N) is 4. The summed E-state index contributed by atoms with van der Waals surface area (Å²) in [6.45, 7) is 2.99. The minimum Gasteiger partial charge on any atom is -0.495 e. The highest BCUT2D eigenvalue weighted by Gasteiger charge is 2.29. The van der Waals surface area contributed by atoms with E-state index in [-0.39, 0.29) is 16.7 Å².